The number of ether oxygens (including phenoxy) is 4. The molecule has 0 radical (unpaired) electrons. The summed E-state index contributed by atoms with van der Waals surface area (Å²) in [5.41, 5.74) is 6.04. The summed E-state index contributed by atoms with van der Waals surface area (Å²) < 4.78 is 25.8. The minimum atomic E-state index is -1.75. The largest absolute Gasteiger partial charge is 0.506 e. The van der Waals surface area contributed by atoms with E-state index in [0.717, 1.165) is 31.4 Å². The van der Waals surface area contributed by atoms with Gasteiger partial charge in [0, 0.05) is 36.0 Å². The Morgan fingerprint density at radius 2 is 1.83 bits per heavy atom. The van der Waals surface area contributed by atoms with Crippen LogP contribution in [0.15, 0.2) is 18.2 Å². The predicted molar refractivity (Wildman–Crippen MR) is 220 cm³/mol. The molecule has 0 aromatic heterocycles. The lowest BCUT2D eigenvalue weighted by Crippen LogP contribution is -2.77. The van der Waals surface area contributed by atoms with Crippen molar-refractivity contribution in [3.8, 4) is 11.5 Å². The number of aryl methyl sites for hydroxylation is 1. The van der Waals surface area contributed by atoms with E-state index >= 15 is 0 Å². The van der Waals surface area contributed by atoms with Crippen LogP contribution in [0.1, 0.15) is 104 Å². The van der Waals surface area contributed by atoms with Crippen LogP contribution in [0.3, 0.4) is 0 Å². The molecular weight excluding hydrogens is 801 g/mol. The van der Waals surface area contributed by atoms with Gasteiger partial charge >= 0.3 is 5.97 Å². The zero-order chi connectivity index (χ0) is 41.5. The van der Waals surface area contributed by atoms with E-state index in [1.807, 2.05) is 0 Å². The van der Waals surface area contributed by atoms with Crippen LogP contribution in [0, 0.1) is 35.0 Å². The number of hydrazine groups is 1. The van der Waals surface area contributed by atoms with Crippen molar-refractivity contribution in [1.82, 2.24) is 10.9 Å². The second-order valence-corrected chi connectivity index (χ2v) is 21.5. The van der Waals surface area contributed by atoms with Crippen molar-refractivity contribution in [1.29, 1.82) is 0 Å². The number of carbonyl (C=O) groups is 2. The molecule has 8 N–H and O–H groups in total. The number of Topliss-reactive ketones (excluding diaryl/α,β-unsaturated/α-hetero) is 1. The molecule has 4 spiro atoms. The van der Waals surface area contributed by atoms with E-state index in [0.29, 0.717) is 43.1 Å². The van der Waals surface area contributed by atoms with E-state index in [4.69, 9.17) is 18.9 Å². The Balaban J connectivity index is 1.08. The molecule has 3 saturated carbocycles. The SMILES string of the molecule is CC(=O)c1c(C)cc2cc(C(=O)O)cc(O[C@@H]3O[C@H](CO)[C@]4(CC[C@@]56C[C@]7(C[C@H]8COC[C@@](CCO)(CSSCO4)[C@@H]85)CC4(CCCC4)C[C@@H]7NN6)[C@H](O)[C@H]3O)c2c1O. The lowest BCUT2D eigenvalue weighted by molar-refractivity contribution is -0.323. The Hall–Kier alpha value is -2.22. The third-order valence-corrected chi connectivity index (χ3v) is 18.0. The average Bonchev–Trinajstić information content (AvgIpc) is 3.76. The first-order valence-corrected chi connectivity index (χ1v) is 23.7. The molecule has 324 valence electrons. The van der Waals surface area contributed by atoms with Crippen LogP contribution >= 0.6 is 21.6 Å². The first-order chi connectivity index (χ1) is 28.2. The number of aliphatic hydroxyl groups is 4. The van der Waals surface area contributed by atoms with Gasteiger partial charge in [0.25, 0.3) is 0 Å². The van der Waals surface area contributed by atoms with Crippen LogP contribution in [0.25, 0.3) is 10.8 Å². The highest BCUT2D eigenvalue weighted by molar-refractivity contribution is 8.76. The number of hydrogen-bond acceptors (Lipinski definition) is 15. The minimum Gasteiger partial charge on any atom is -0.506 e. The molecule has 4 aliphatic heterocycles. The molecule has 59 heavy (non-hydrogen) atoms. The molecule has 9 rings (SSSR count). The smallest absolute Gasteiger partial charge is 0.335 e. The first kappa shape index (κ1) is 42.1. The molecule has 2 aromatic carbocycles. The summed E-state index contributed by atoms with van der Waals surface area (Å²) in [6, 6.07) is 4.43. The number of carboxylic acids is 1. The van der Waals surface area contributed by atoms with Gasteiger partial charge in [0.15, 0.2) is 5.78 Å². The maximum atomic E-state index is 12.6. The van der Waals surface area contributed by atoms with Gasteiger partial charge in [-0.15, -0.1) is 0 Å². The summed E-state index contributed by atoms with van der Waals surface area (Å²) in [7, 11) is 3.11. The monoisotopic (exact) mass is 858 g/mol. The van der Waals surface area contributed by atoms with Crippen molar-refractivity contribution in [2.24, 2.45) is 28.1 Å². The third kappa shape index (κ3) is 6.73. The number of aromatic carboxylic acids is 1. The highest BCUT2D eigenvalue weighted by atomic mass is 33.1. The highest BCUT2D eigenvalue weighted by Gasteiger charge is 2.70. The van der Waals surface area contributed by atoms with Gasteiger partial charge in [-0.3, -0.25) is 15.6 Å². The molecule has 16 heteroatoms. The Kier molecular flexibility index (Phi) is 11.1. The van der Waals surface area contributed by atoms with Crippen molar-refractivity contribution < 1.29 is 59.2 Å². The topological polar surface area (TPSA) is 216 Å². The number of phenolic OH excluding ortho intramolecular Hbond substituents is 1. The lowest BCUT2D eigenvalue weighted by atomic mass is 9.46. The number of fused-ring (bicyclic) bond motifs is 1. The molecule has 2 bridgehead atoms. The number of rotatable bonds is 7. The van der Waals surface area contributed by atoms with Gasteiger partial charge in [0.1, 0.15) is 41.4 Å². The maximum Gasteiger partial charge on any atom is 0.335 e. The molecule has 7 fully saturated rings. The first-order valence-electron chi connectivity index (χ1n) is 21.2. The van der Waals surface area contributed by atoms with Crippen molar-refractivity contribution in [3.05, 3.63) is 34.9 Å². The van der Waals surface area contributed by atoms with Crippen molar-refractivity contribution in [2.45, 2.75) is 126 Å². The molecule has 11 atom stereocenters. The Morgan fingerprint density at radius 3 is 2.56 bits per heavy atom. The van der Waals surface area contributed by atoms with Gasteiger partial charge in [-0.2, -0.15) is 0 Å². The van der Waals surface area contributed by atoms with Crippen LogP contribution in [0.2, 0.25) is 0 Å². The van der Waals surface area contributed by atoms with Gasteiger partial charge in [-0.25, -0.2) is 4.79 Å². The van der Waals surface area contributed by atoms with Crippen LogP contribution in [0.5, 0.6) is 11.5 Å². The van der Waals surface area contributed by atoms with Gasteiger partial charge in [0.05, 0.1) is 29.7 Å². The minimum absolute atomic E-state index is 0.0312. The van der Waals surface area contributed by atoms with E-state index in [-0.39, 0.29) is 69.3 Å². The summed E-state index contributed by atoms with van der Waals surface area (Å²) in [4.78, 5) is 24.8. The van der Waals surface area contributed by atoms with E-state index in [9.17, 15) is 40.2 Å². The summed E-state index contributed by atoms with van der Waals surface area (Å²) in [5.74, 6) is -1.09. The molecular formula is C43H58N2O12S2. The number of benzene rings is 2. The van der Waals surface area contributed by atoms with Crippen LogP contribution in [-0.2, 0) is 14.2 Å². The number of carbonyl (C=O) groups excluding carboxylic acids is 1. The zero-order valence-electron chi connectivity index (χ0n) is 33.7. The fraction of sp³-hybridized carbons (Fsp3) is 0.721. The van der Waals surface area contributed by atoms with Gasteiger partial charge in [0.2, 0.25) is 6.29 Å². The lowest BCUT2D eigenvalue weighted by Gasteiger charge is -2.67. The number of hydrogen-bond donors (Lipinski definition) is 8. The molecule has 2 aromatic rings. The fourth-order valence-corrected chi connectivity index (χ4v) is 16.0. The fourth-order valence-electron chi connectivity index (χ4n) is 13.7. The zero-order valence-corrected chi connectivity index (χ0v) is 35.4. The van der Waals surface area contributed by atoms with Crippen LogP contribution < -0.4 is 15.6 Å². The molecule has 14 nitrogen and oxygen atoms in total. The number of nitrogens with one attached hydrogen (secondary N) is 2. The molecule has 4 saturated heterocycles. The summed E-state index contributed by atoms with van der Waals surface area (Å²) in [6.07, 6.45) is 4.37. The highest BCUT2D eigenvalue weighted by Crippen LogP contribution is 2.69. The number of phenols is 1. The van der Waals surface area contributed by atoms with E-state index in [1.165, 1.54) is 55.5 Å². The van der Waals surface area contributed by atoms with Crippen LogP contribution in [0.4, 0.5) is 0 Å². The Labute approximate surface area is 351 Å². The third-order valence-electron chi connectivity index (χ3n) is 15.8. The van der Waals surface area contributed by atoms with Gasteiger partial charge in [-0.1, -0.05) is 40.5 Å². The summed E-state index contributed by atoms with van der Waals surface area (Å²) in [5, 5.41) is 67.7. The number of aliphatic hydroxyl groups excluding tert-OH is 4. The van der Waals surface area contributed by atoms with E-state index < -0.39 is 59.9 Å². The molecule has 4 heterocycles. The number of carboxylic acid groups (broad SMARTS) is 1. The maximum absolute atomic E-state index is 12.6. The van der Waals surface area contributed by atoms with Gasteiger partial charge in [-0.05, 0) is 117 Å². The second kappa shape index (κ2) is 15.5. The van der Waals surface area contributed by atoms with Crippen molar-refractivity contribution >= 4 is 44.1 Å². The number of ketones is 1. The molecule has 0 unspecified atom stereocenters. The molecule has 7 aliphatic rings. The van der Waals surface area contributed by atoms with E-state index in [1.54, 1.807) is 23.8 Å². The quantitative estimate of drug-likeness (QED) is 0.143. The average molecular weight is 859 g/mol. The van der Waals surface area contributed by atoms with Gasteiger partial charge < -0.3 is 49.6 Å². The predicted octanol–water partition coefficient (Wildman–Crippen LogP) is 4.44. The number of aromatic hydroxyl groups is 1. The summed E-state index contributed by atoms with van der Waals surface area (Å²) >= 11 is 0. The Morgan fingerprint density at radius 1 is 1.03 bits per heavy atom. The second-order valence-electron chi connectivity index (χ2n) is 19.1. The Bertz CT molecular complexity index is 1980. The van der Waals surface area contributed by atoms with Crippen LogP contribution in [-0.4, -0.2) is 122 Å². The normalized spacial score (nSPS) is 40.3. The van der Waals surface area contributed by atoms with Crippen molar-refractivity contribution in [2.75, 3.05) is 38.1 Å². The standard InChI is InChI=1S/C43H58N2O12S2/c1-23-11-25-12-26(37(52)53)13-28(32(25)33(49)31(23)24(2)48)56-38-34(50)36(51)43(30(16-47)57-38)8-7-42-19-41(18-39(5-3-4-6-39)15-29(41)44-45-42)14-27-17-54-20-40(9-10-46,35(27)42)21-58-59-22-55-43/h11-13,27,29-30,34-36,38,44-47,49-51H,3-10,14-22H2,1-2H3,(H,52,53)/t27-,29-,30+,34+,35+,36+,38+,40-,41-,42+,43+/m0/s1. The van der Waals surface area contributed by atoms with E-state index in [2.05, 4.69) is 10.9 Å². The molecule has 0 amide bonds. The van der Waals surface area contributed by atoms with Crippen molar-refractivity contribution in [3.63, 3.8) is 0 Å². The molecule has 3 aliphatic carbocycles. The summed E-state index contributed by atoms with van der Waals surface area (Å²) in [6.45, 7) is 3.55.